The molecule has 1 aromatic rings. The first-order valence-electron chi connectivity index (χ1n) is 7.22. The highest BCUT2D eigenvalue weighted by Gasteiger charge is 2.38. The minimum absolute atomic E-state index is 0.0205. The molecule has 116 valence electrons. The fraction of sp³-hybridized carbons (Fsp3) is 0.533. The molecule has 2 rings (SSSR count). The zero-order valence-corrected chi connectivity index (χ0v) is 13.0. The molecule has 2 amide bonds. The van der Waals surface area contributed by atoms with Crippen molar-refractivity contribution in [1.82, 2.24) is 9.38 Å². The zero-order valence-electron chi connectivity index (χ0n) is 13.0. The number of para-hydroxylation sites is 2. The van der Waals surface area contributed by atoms with Gasteiger partial charge in [0.1, 0.15) is 0 Å². The molecule has 0 spiro atoms. The Bertz CT molecular complexity index is 520. The summed E-state index contributed by atoms with van der Waals surface area (Å²) in [6.07, 6.45) is 1.41. The first-order chi connectivity index (χ1) is 9.86. The Morgan fingerprint density at radius 3 is 2.76 bits per heavy atom. The van der Waals surface area contributed by atoms with Gasteiger partial charge < -0.3 is 20.9 Å². The van der Waals surface area contributed by atoms with E-state index in [4.69, 9.17) is 5.73 Å². The van der Waals surface area contributed by atoms with Crippen LogP contribution < -0.4 is 15.3 Å². The number of amides is 2. The number of rotatable bonds is 3. The van der Waals surface area contributed by atoms with E-state index in [-0.39, 0.29) is 10.5 Å². The Labute approximate surface area is 125 Å². The molecule has 6 heteroatoms. The Morgan fingerprint density at radius 2 is 2.14 bits per heavy atom. The van der Waals surface area contributed by atoms with E-state index in [1.165, 1.54) is 0 Å². The predicted octanol–water partition coefficient (Wildman–Crippen LogP) is 1.73. The van der Waals surface area contributed by atoms with Crippen molar-refractivity contribution in [1.29, 1.82) is 0 Å². The van der Waals surface area contributed by atoms with Crippen molar-refractivity contribution in [2.75, 3.05) is 39.3 Å². The number of primary amides is 1. The molecule has 0 aromatic heterocycles. The predicted molar refractivity (Wildman–Crippen MR) is 86.0 cm³/mol. The third kappa shape index (κ3) is 3.02. The average molecular weight is 292 g/mol. The van der Waals surface area contributed by atoms with E-state index in [1.54, 1.807) is 13.1 Å². The third-order valence-electron chi connectivity index (χ3n) is 4.29. The van der Waals surface area contributed by atoms with Gasteiger partial charge in [0.05, 0.1) is 19.3 Å². The van der Waals surface area contributed by atoms with Crippen LogP contribution in [0.3, 0.4) is 0 Å². The topological polar surface area (TPSA) is 72.6 Å². The Balaban J connectivity index is 2.37. The van der Waals surface area contributed by atoms with Crippen LogP contribution in [0.4, 0.5) is 16.2 Å². The highest BCUT2D eigenvalue weighted by Crippen LogP contribution is 2.38. The molecule has 0 radical (unpaired) electrons. The van der Waals surface area contributed by atoms with Crippen LogP contribution in [-0.2, 0) is 0 Å². The van der Waals surface area contributed by atoms with E-state index in [2.05, 4.69) is 4.90 Å². The zero-order chi connectivity index (χ0) is 15.6. The fourth-order valence-electron chi connectivity index (χ4n) is 2.81. The van der Waals surface area contributed by atoms with Crippen molar-refractivity contribution in [2.24, 2.45) is 5.73 Å². The van der Waals surface area contributed by atoms with Crippen molar-refractivity contribution in [3.05, 3.63) is 29.5 Å². The SMILES string of the molecule is CN(C)CCC1CC[N+](C)(C(N)=O)c2ccccc2N1[O-]. The molecule has 2 unspecified atom stereocenters. The molecule has 0 aliphatic carbocycles. The molecule has 21 heavy (non-hydrogen) atoms. The first-order valence-corrected chi connectivity index (χ1v) is 7.22. The van der Waals surface area contributed by atoms with Crippen LogP contribution in [0.2, 0.25) is 0 Å². The number of hydroxylamine groups is 1. The fourth-order valence-corrected chi connectivity index (χ4v) is 2.81. The quantitative estimate of drug-likeness (QED) is 0.861. The number of hydrogen-bond donors (Lipinski definition) is 1. The number of quaternary nitrogens is 1. The van der Waals surface area contributed by atoms with E-state index >= 15 is 0 Å². The summed E-state index contributed by atoms with van der Waals surface area (Å²) >= 11 is 0. The number of fused-ring (bicyclic) bond motifs is 1. The maximum atomic E-state index is 12.7. The molecule has 1 aliphatic heterocycles. The number of carbonyl (C=O) groups is 1. The molecule has 0 bridgehead atoms. The van der Waals surface area contributed by atoms with Gasteiger partial charge in [-0.05, 0) is 33.1 Å². The van der Waals surface area contributed by atoms with Crippen molar-refractivity contribution < 1.29 is 4.79 Å². The van der Waals surface area contributed by atoms with Gasteiger partial charge in [-0.2, -0.15) is 0 Å². The molecule has 1 heterocycles. The van der Waals surface area contributed by atoms with Gasteiger partial charge in [0, 0.05) is 18.5 Å². The van der Waals surface area contributed by atoms with Gasteiger partial charge in [-0.15, -0.1) is 0 Å². The van der Waals surface area contributed by atoms with Crippen molar-refractivity contribution >= 4 is 17.4 Å². The molecular formula is C15H24N4O2. The number of carbonyl (C=O) groups excluding carboxylic acids is 1. The lowest BCUT2D eigenvalue weighted by Gasteiger charge is -2.38. The summed E-state index contributed by atoms with van der Waals surface area (Å²) in [4.78, 5) is 14.0. The van der Waals surface area contributed by atoms with Crippen molar-refractivity contribution in [3.63, 3.8) is 0 Å². The minimum Gasteiger partial charge on any atom is -0.758 e. The summed E-state index contributed by atoms with van der Waals surface area (Å²) in [5.74, 6) is 0. The molecule has 1 aromatic carbocycles. The molecule has 1 aliphatic rings. The Kier molecular flexibility index (Phi) is 4.51. The smallest absolute Gasteiger partial charge is 0.418 e. The summed E-state index contributed by atoms with van der Waals surface area (Å²) in [5, 5.41) is 13.8. The van der Waals surface area contributed by atoms with Gasteiger partial charge in [-0.1, -0.05) is 12.1 Å². The summed E-state index contributed by atoms with van der Waals surface area (Å²) in [5.41, 5.74) is 6.85. The Hall–Kier alpha value is -1.63. The molecular weight excluding hydrogens is 268 g/mol. The molecule has 0 fully saturated rings. The lowest BCUT2D eigenvalue weighted by atomic mass is 10.1. The maximum absolute atomic E-state index is 12.7. The number of benzene rings is 1. The lowest BCUT2D eigenvalue weighted by Crippen LogP contribution is -2.54. The molecule has 6 nitrogen and oxygen atoms in total. The highest BCUT2D eigenvalue weighted by atomic mass is 16.5. The molecule has 2 atom stereocenters. The summed E-state index contributed by atoms with van der Waals surface area (Å²) in [6.45, 7) is 1.38. The lowest BCUT2D eigenvalue weighted by molar-refractivity contribution is 0.217. The van der Waals surface area contributed by atoms with Gasteiger partial charge in [0.15, 0.2) is 5.69 Å². The second-order valence-electron chi connectivity index (χ2n) is 6.10. The number of urea groups is 1. The van der Waals surface area contributed by atoms with E-state index in [0.717, 1.165) is 18.0 Å². The number of anilines is 1. The summed E-state index contributed by atoms with van der Waals surface area (Å²) in [6, 6.07) is 6.70. The van der Waals surface area contributed by atoms with E-state index in [9.17, 15) is 10.0 Å². The van der Waals surface area contributed by atoms with Crippen LogP contribution in [0.5, 0.6) is 0 Å². The normalized spacial score (nSPS) is 25.6. The van der Waals surface area contributed by atoms with Gasteiger partial charge >= 0.3 is 6.03 Å². The van der Waals surface area contributed by atoms with Gasteiger partial charge in [-0.25, -0.2) is 9.28 Å². The Morgan fingerprint density at radius 1 is 1.48 bits per heavy atom. The third-order valence-corrected chi connectivity index (χ3v) is 4.29. The largest absolute Gasteiger partial charge is 0.758 e. The number of nitrogens with two attached hydrogens (primary N) is 1. The van der Waals surface area contributed by atoms with E-state index < -0.39 is 6.03 Å². The molecule has 2 N–H and O–H groups in total. The van der Waals surface area contributed by atoms with Crippen LogP contribution >= 0.6 is 0 Å². The van der Waals surface area contributed by atoms with Gasteiger partial charge in [0.2, 0.25) is 0 Å². The van der Waals surface area contributed by atoms with Crippen LogP contribution in [-0.4, -0.2) is 51.2 Å². The first kappa shape index (κ1) is 15.8. The second-order valence-corrected chi connectivity index (χ2v) is 6.10. The standard InChI is InChI=1S/C15H24N4O2/c1-17(2)10-8-12-9-11-19(3,15(16)20)14-7-5-4-6-13(14)18(12)21/h4-7,12H,8-11H2,1-3H3,(H2,16,20). The minimum atomic E-state index is -0.427. The van der Waals surface area contributed by atoms with E-state index in [0.29, 0.717) is 24.3 Å². The number of hydrogen-bond acceptors (Lipinski definition) is 4. The maximum Gasteiger partial charge on any atom is 0.418 e. The average Bonchev–Trinajstić information content (AvgIpc) is 2.55. The van der Waals surface area contributed by atoms with Gasteiger partial charge in [0.25, 0.3) is 0 Å². The van der Waals surface area contributed by atoms with Crippen LogP contribution in [0.15, 0.2) is 24.3 Å². The monoisotopic (exact) mass is 292 g/mol. The van der Waals surface area contributed by atoms with Crippen molar-refractivity contribution in [2.45, 2.75) is 18.9 Å². The molecule has 0 saturated heterocycles. The number of nitrogens with zero attached hydrogens (tertiary/aromatic N) is 3. The van der Waals surface area contributed by atoms with E-state index in [1.807, 2.05) is 32.3 Å². The van der Waals surface area contributed by atoms with Gasteiger partial charge in [-0.3, -0.25) is 0 Å². The highest BCUT2D eigenvalue weighted by molar-refractivity contribution is 5.90. The van der Waals surface area contributed by atoms with Crippen LogP contribution in [0, 0.1) is 5.21 Å². The van der Waals surface area contributed by atoms with Crippen LogP contribution in [0.1, 0.15) is 12.8 Å². The van der Waals surface area contributed by atoms with Crippen LogP contribution in [0.25, 0.3) is 0 Å². The van der Waals surface area contributed by atoms with Crippen molar-refractivity contribution in [3.8, 4) is 0 Å². The summed E-state index contributed by atoms with van der Waals surface area (Å²) in [7, 11) is 5.76. The summed E-state index contributed by atoms with van der Waals surface area (Å²) < 4.78 is -0.0205. The molecule has 0 saturated carbocycles. The second kappa shape index (κ2) is 6.01.